The predicted molar refractivity (Wildman–Crippen MR) is 106 cm³/mol. The summed E-state index contributed by atoms with van der Waals surface area (Å²) >= 11 is 5.91. The van der Waals surface area contributed by atoms with Crippen LogP contribution in [0.15, 0.2) is 70.5 Å². The summed E-state index contributed by atoms with van der Waals surface area (Å²) < 4.78 is 56.0. The number of fused-ring (bicyclic) bond motifs is 1. The third-order valence-corrected chi connectivity index (χ3v) is 9.14. The van der Waals surface area contributed by atoms with Gasteiger partial charge < -0.3 is 4.74 Å². The van der Waals surface area contributed by atoms with Gasteiger partial charge in [0.1, 0.15) is 5.75 Å². The molecule has 0 bridgehead atoms. The molecule has 0 atom stereocenters. The van der Waals surface area contributed by atoms with E-state index in [-0.39, 0.29) is 10.6 Å². The molecule has 3 aromatic carbocycles. The number of hydrogen-bond donors (Lipinski definition) is 3. The van der Waals surface area contributed by atoms with Crippen LogP contribution >= 0.6 is 11.6 Å². The van der Waals surface area contributed by atoms with Crippen molar-refractivity contribution in [1.29, 1.82) is 0 Å². The van der Waals surface area contributed by atoms with Crippen molar-refractivity contribution in [3.8, 4) is 5.75 Å². The average molecular weight is 442 g/mol. The number of nitrogens with two attached hydrogens (primary N) is 3. The minimum absolute atomic E-state index is 0.0754. The lowest BCUT2D eigenvalue weighted by Gasteiger charge is -2.20. The fourth-order valence-electron chi connectivity index (χ4n) is 2.48. The summed E-state index contributed by atoms with van der Waals surface area (Å²) in [7, 11) is -9.45. The molecule has 148 valence electrons. The first-order chi connectivity index (χ1) is 12.9. The molecule has 0 aliphatic rings. The van der Waals surface area contributed by atoms with Crippen LogP contribution in [0, 0.1) is 0 Å². The van der Waals surface area contributed by atoms with Crippen LogP contribution in [0.2, 0.25) is 5.02 Å². The Morgan fingerprint density at radius 3 is 1.82 bits per heavy atom. The summed E-state index contributed by atoms with van der Waals surface area (Å²) in [5.41, 5.74) is 15.9. The quantitative estimate of drug-likeness (QED) is 0.397. The fourth-order valence-corrected chi connectivity index (χ4v) is 6.31. The maximum atomic E-state index is 12.8. The van der Waals surface area contributed by atoms with E-state index in [1.165, 1.54) is 30.3 Å². The van der Waals surface area contributed by atoms with Crippen molar-refractivity contribution in [3.05, 3.63) is 65.7 Å². The van der Waals surface area contributed by atoms with Gasteiger partial charge in [0.05, 0.1) is 9.79 Å². The predicted octanol–water partition coefficient (Wildman–Crippen LogP) is 1.52. The van der Waals surface area contributed by atoms with Gasteiger partial charge >= 0.3 is 0 Å². The van der Waals surface area contributed by atoms with E-state index in [0.717, 1.165) is 12.1 Å². The summed E-state index contributed by atoms with van der Waals surface area (Å²) in [6.07, 6.45) is 0. The number of hydrogen-bond acceptors (Lipinski definition) is 8. The van der Waals surface area contributed by atoms with Gasteiger partial charge in [-0.05, 0) is 59.3 Å². The molecule has 0 radical (unpaired) electrons. The van der Waals surface area contributed by atoms with E-state index < -0.39 is 28.6 Å². The van der Waals surface area contributed by atoms with Crippen LogP contribution in [0.3, 0.4) is 0 Å². The van der Waals surface area contributed by atoms with Gasteiger partial charge in [-0.25, -0.2) is 16.8 Å². The second-order valence-corrected chi connectivity index (χ2v) is 11.8. The number of benzene rings is 3. The molecule has 0 saturated heterocycles. The highest BCUT2D eigenvalue weighted by Crippen LogP contribution is 2.29. The summed E-state index contributed by atoms with van der Waals surface area (Å²) in [6, 6.07) is 13.4. The maximum absolute atomic E-state index is 12.8. The number of rotatable bonds is 5. The molecule has 0 aliphatic carbocycles. The van der Waals surface area contributed by atoms with E-state index in [1.54, 1.807) is 18.2 Å². The average Bonchev–Trinajstić information content (AvgIpc) is 2.60. The molecule has 0 unspecified atom stereocenters. The van der Waals surface area contributed by atoms with Crippen molar-refractivity contribution in [2.45, 2.75) is 15.8 Å². The maximum Gasteiger partial charge on any atom is 0.286 e. The van der Waals surface area contributed by atoms with E-state index in [4.69, 9.17) is 33.5 Å². The topological polar surface area (TPSA) is 156 Å². The second kappa shape index (κ2) is 6.99. The van der Waals surface area contributed by atoms with Crippen LogP contribution in [0.5, 0.6) is 5.75 Å². The zero-order valence-corrected chi connectivity index (χ0v) is 16.6. The number of ether oxygens (including phenoxy) is 1. The Balaban J connectivity index is 2.01. The molecular weight excluding hydrogens is 426 g/mol. The highest BCUT2D eigenvalue weighted by Gasteiger charge is 2.34. The molecule has 0 aliphatic heterocycles. The second-order valence-electron chi connectivity index (χ2n) is 5.99. The molecule has 3 aromatic rings. The SMILES string of the molecule is NC(N)(N)Oc1ccc(S(=O)(=O)S(=O)(=O)c2ccc3cc(Cl)ccc3c2)cc1. The minimum Gasteiger partial charge on any atom is -0.447 e. The van der Waals surface area contributed by atoms with Crippen LogP contribution in [0.25, 0.3) is 10.8 Å². The van der Waals surface area contributed by atoms with E-state index in [0.29, 0.717) is 15.8 Å². The number of halogens is 1. The molecule has 0 amide bonds. The minimum atomic E-state index is -4.73. The summed E-state index contributed by atoms with van der Waals surface area (Å²) in [5, 5.41) is 1.70. The fraction of sp³-hybridized carbons (Fsp3) is 0.0588. The van der Waals surface area contributed by atoms with Crippen LogP contribution in [-0.2, 0) is 17.7 Å². The highest BCUT2D eigenvalue weighted by atomic mass is 35.5. The lowest BCUT2D eigenvalue weighted by atomic mass is 10.1. The van der Waals surface area contributed by atoms with Crippen molar-refractivity contribution >= 4 is 40.1 Å². The van der Waals surface area contributed by atoms with Crippen LogP contribution in [-0.4, -0.2) is 22.8 Å². The van der Waals surface area contributed by atoms with E-state index in [2.05, 4.69) is 0 Å². The molecule has 0 saturated carbocycles. The van der Waals surface area contributed by atoms with Crippen molar-refractivity contribution in [2.75, 3.05) is 0 Å². The van der Waals surface area contributed by atoms with Gasteiger partial charge in [-0.2, -0.15) is 0 Å². The molecule has 6 N–H and O–H groups in total. The zero-order chi connectivity index (χ0) is 20.7. The molecule has 11 heteroatoms. The lowest BCUT2D eigenvalue weighted by molar-refractivity contribution is 0.0901. The normalized spacial score (nSPS) is 12.9. The third kappa shape index (κ3) is 3.97. The van der Waals surface area contributed by atoms with E-state index in [9.17, 15) is 16.8 Å². The first kappa shape index (κ1) is 20.5. The Morgan fingerprint density at radius 1 is 0.714 bits per heavy atom. The van der Waals surface area contributed by atoms with Crippen molar-refractivity contribution < 1.29 is 21.6 Å². The summed E-state index contributed by atoms with van der Waals surface area (Å²) in [6.45, 7) is 0. The summed E-state index contributed by atoms with van der Waals surface area (Å²) in [5.74, 6) is -1.88. The molecule has 28 heavy (non-hydrogen) atoms. The van der Waals surface area contributed by atoms with Gasteiger partial charge in [-0.3, -0.25) is 17.2 Å². The van der Waals surface area contributed by atoms with Crippen LogP contribution in [0.1, 0.15) is 0 Å². The Morgan fingerprint density at radius 2 is 1.21 bits per heavy atom. The first-order valence-electron chi connectivity index (χ1n) is 7.75. The Bertz CT molecular complexity index is 1250. The largest absolute Gasteiger partial charge is 0.447 e. The van der Waals surface area contributed by atoms with Gasteiger partial charge in [0.15, 0.2) is 0 Å². The molecule has 8 nitrogen and oxygen atoms in total. The van der Waals surface area contributed by atoms with E-state index >= 15 is 0 Å². The zero-order valence-electron chi connectivity index (χ0n) is 14.2. The Hall–Kier alpha value is -2.21. The molecule has 0 fully saturated rings. The van der Waals surface area contributed by atoms with Gasteiger partial charge in [0.25, 0.3) is 23.7 Å². The van der Waals surface area contributed by atoms with Crippen molar-refractivity contribution in [1.82, 2.24) is 0 Å². The smallest absolute Gasteiger partial charge is 0.286 e. The van der Waals surface area contributed by atoms with Gasteiger partial charge in [0.2, 0.25) is 0 Å². The Kier molecular flexibility index (Phi) is 5.13. The first-order valence-corrected chi connectivity index (χ1v) is 11.6. The molecule has 3 rings (SSSR count). The summed E-state index contributed by atoms with van der Waals surface area (Å²) in [4.78, 5) is -0.791. The van der Waals surface area contributed by atoms with Gasteiger partial charge in [-0.1, -0.05) is 23.7 Å². The third-order valence-electron chi connectivity index (χ3n) is 3.76. The monoisotopic (exact) mass is 441 g/mol. The molecular formula is C17H16ClN3O5S2. The van der Waals surface area contributed by atoms with Crippen molar-refractivity contribution in [3.63, 3.8) is 0 Å². The molecule has 0 heterocycles. The molecule has 0 aromatic heterocycles. The Labute approximate surface area is 166 Å². The lowest BCUT2D eigenvalue weighted by Crippen LogP contribution is -2.62. The standard InChI is InChI=1S/C17H16ClN3O5S2/c18-13-3-1-12-10-16(6-2-11(12)9-13)28(24,25)27(22,23)15-7-4-14(5-8-15)26-17(19,20)21/h1-10H,19-21H2. The van der Waals surface area contributed by atoms with Gasteiger partial charge in [-0.15, -0.1) is 0 Å². The van der Waals surface area contributed by atoms with E-state index in [1.807, 2.05) is 0 Å². The van der Waals surface area contributed by atoms with Gasteiger partial charge in [0, 0.05) is 5.02 Å². The van der Waals surface area contributed by atoms with Crippen LogP contribution in [0.4, 0.5) is 0 Å². The molecule has 0 spiro atoms. The van der Waals surface area contributed by atoms with Crippen LogP contribution < -0.4 is 21.9 Å². The highest BCUT2D eigenvalue weighted by molar-refractivity contribution is 8.67. The van der Waals surface area contributed by atoms with Crippen molar-refractivity contribution in [2.24, 2.45) is 17.2 Å².